The van der Waals surface area contributed by atoms with E-state index >= 15 is 0 Å². The number of nitrogens with two attached hydrogens (primary N) is 1. The molecule has 0 radical (unpaired) electrons. The number of rotatable bonds is 4. The van der Waals surface area contributed by atoms with Crippen LogP contribution in [-0.2, 0) is 11.2 Å². The van der Waals surface area contributed by atoms with Gasteiger partial charge in [0.15, 0.2) is 0 Å². The quantitative estimate of drug-likeness (QED) is 0.515. The molecule has 3 N–H and O–H groups in total. The van der Waals surface area contributed by atoms with Crippen molar-refractivity contribution in [1.82, 2.24) is 0 Å². The number of amides is 1. The summed E-state index contributed by atoms with van der Waals surface area (Å²) in [6.07, 6.45) is 0.0999. The van der Waals surface area contributed by atoms with Crippen molar-refractivity contribution in [3.63, 3.8) is 0 Å². The fourth-order valence-corrected chi connectivity index (χ4v) is 2.06. The molecule has 21 heavy (non-hydrogen) atoms. The molecule has 0 fully saturated rings. The van der Waals surface area contributed by atoms with Gasteiger partial charge in [0.1, 0.15) is 5.69 Å². The molecular formula is C14H12ClN3O3. The Morgan fingerprint density at radius 1 is 1.29 bits per heavy atom. The highest BCUT2D eigenvalue weighted by Crippen LogP contribution is 2.28. The lowest BCUT2D eigenvalue weighted by atomic mass is 10.1. The molecule has 0 aliphatic heterocycles. The van der Waals surface area contributed by atoms with Gasteiger partial charge in [-0.2, -0.15) is 0 Å². The molecule has 2 aromatic rings. The van der Waals surface area contributed by atoms with E-state index in [2.05, 4.69) is 5.32 Å². The number of nitro groups is 1. The summed E-state index contributed by atoms with van der Waals surface area (Å²) < 4.78 is 0. The van der Waals surface area contributed by atoms with Crippen LogP contribution >= 0.6 is 11.6 Å². The van der Waals surface area contributed by atoms with Crippen LogP contribution in [0.2, 0.25) is 5.02 Å². The molecule has 0 atom stereocenters. The zero-order chi connectivity index (χ0) is 15.4. The first-order chi connectivity index (χ1) is 9.97. The molecule has 0 saturated heterocycles. The number of nitrogens with one attached hydrogen (secondary N) is 1. The molecule has 1 amide bonds. The average Bonchev–Trinajstić information content (AvgIpc) is 2.40. The number of nitro benzene ring substituents is 1. The highest BCUT2D eigenvalue weighted by Gasteiger charge is 2.15. The Kier molecular flexibility index (Phi) is 4.39. The van der Waals surface area contributed by atoms with Crippen molar-refractivity contribution >= 4 is 34.6 Å². The van der Waals surface area contributed by atoms with Crippen molar-refractivity contribution in [3.8, 4) is 0 Å². The monoisotopic (exact) mass is 305 g/mol. The minimum absolute atomic E-state index is 0.0676. The second-order valence-corrected chi connectivity index (χ2v) is 4.79. The number of nitrogen functional groups attached to an aromatic ring is 1. The van der Waals surface area contributed by atoms with E-state index in [4.69, 9.17) is 17.3 Å². The highest BCUT2D eigenvalue weighted by atomic mass is 35.5. The van der Waals surface area contributed by atoms with Crippen LogP contribution in [0, 0.1) is 10.1 Å². The molecule has 6 nitrogen and oxygen atoms in total. The standard InChI is InChI=1S/C14H12ClN3O3/c15-10-4-1-3-9(7-10)8-13(19)17-11-5-2-6-12(14(11)16)18(20)21/h1-7H,8,16H2,(H,17,19). The van der Waals surface area contributed by atoms with Crippen LogP contribution in [0.15, 0.2) is 42.5 Å². The Labute approximate surface area is 125 Å². The van der Waals surface area contributed by atoms with Gasteiger partial charge in [-0.3, -0.25) is 14.9 Å². The molecule has 2 aromatic carbocycles. The fraction of sp³-hybridized carbons (Fsp3) is 0.0714. The largest absolute Gasteiger partial charge is 0.391 e. The number of hydrogen-bond acceptors (Lipinski definition) is 4. The third kappa shape index (κ3) is 3.70. The van der Waals surface area contributed by atoms with E-state index in [0.29, 0.717) is 5.02 Å². The van der Waals surface area contributed by atoms with E-state index in [1.54, 1.807) is 24.3 Å². The zero-order valence-corrected chi connectivity index (χ0v) is 11.6. The summed E-state index contributed by atoms with van der Waals surface area (Å²) in [6.45, 7) is 0. The number of carbonyl (C=O) groups excluding carboxylic acids is 1. The number of nitrogens with zero attached hydrogens (tertiary/aromatic N) is 1. The first-order valence-corrected chi connectivity index (χ1v) is 6.42. The topological polar surface area (TPSA) is 98.3 Å². The Balaban J connectivity index is 2.13. The number of para-hydroxylation sites is 1. The first-order valence-electron chi connectivity index (χ1n) is 6.04. The van der Waals surface area contributed by atoms with Crippen LogP contribution in [0.5, 0.6) is 0 Å². The normalized spacial score (nSPS) is 10.1. The SMILES string of the molecule is Nc1c(NC(=O)Cc2cccc(Cl)c2)cccc1[N+](=O)[O-]. The van der Waals surface area contributed by atoms with Crippen molar-refractivity contribution in [2.75, 3.05) is 11.1 Å². The number of hydrogen-bond donors (Lipinski definition) is 2. The van der Waals surface area contributed by atoms with Crippen LogP contribution in [-0.4, -0.2) is 10.8 Å². The fourth-order valence-electron chi connectivity index (χ4n) is 1.85. The van der Waals surface area contributed by atoms with E-state index in [9.17, 15) is 14.9 Å². The number of carbonyl (C=O) groups is 1. The van der Waals surface area contributed by atoms with Gasteiger partial charge in [-0.05, 0) is 23.8 Å². The van der Waals surface area contributed by atoms with E-state index < -0.39 is 4.92 Å². The van der Waals surface area contributed by atoms with Crippen molar-refractivity contribution in [2.24, 2.45) is 0 Å². The van der Waals surface area contributed by atoms with Gasteiger partial charge in [-0.15, -0.1) is 0 Å². The van der Waals surface area contributed by atoms with Crippen LogP contribution in [0.3, 0.4) is 0 Å². The molecule has 108 valence electrons. The predicted octanol–water partition coefficient (Wildman–Crippen LogP) is 3.01. The first kappa shape index (κ1) is 14.8. The summed E-state index contributed by atoms with van der Waals surface area (Å²) in [4.78, 5) is 22.1. The average molecular weight is 306 g/mol. The molecule has 0 saturated carbocycles. The lowest BCUT2D eigenvalue weighted by Crippen LogP contribution is -2.15. The van der Waals surface area contributed by atoms with Crippen LogP contribution < -0.4 is 11.1 Å². The molecule has 0 heterocycles. The van der Waals surface area contributed by atoms with Crippen molar-refractivity contribution in [1.29, 1.82) is 0 Å². The lowest BCUT2D eigenvalue weighted by Gasteiger charge is -2.08. The third-order valence-corrected chi connectivity index (χ3v) is 3.04. The van der Waals surface area contributed by atoms with Crippen molar-refractivity contribution in [2.45, 2.75) is 6.42 Å². The summed E-state index contributed by atoms with van der Waals surface area (Å²) in [7, 11) is 0. The predicted molar refractivity (Wildman–Crippen MR) is 81.3 cm³/mol. The Hall–Kier alpha value is -2.60. The molecule has 0 aromatic heterocycles. The molecule has 0 spiro atoms. The maximum atomic E-state index is 11.9. The zero-order valence-electron chi connectivity index (χ0n) is 10.9. The Bertz CT molecular complexity index is 704. The Morgan fingerprint density at radius 3 is 2.67 bits per heavy atom. The van der Waals surface area contributed by atoms with E-state index in [0.717, 1.165) is 5.56 Å². The number of benzene rings is 2. The third-order valence-electron chi connectivity index (χ3n) is 2.81. The van der Waals surface area contributed by atoms with Crippen LogP contribution in [0.1, 0.15) is 5.56 Å². The van der Waals surface area contributed by atoms with Gasteiger partial charge in [0, 0.05) is 11.1 Å². The number of halogens is 1. The summed E-state index contributed by atoms with van der Waals surface area (Å²) in [6, 6.07) is 11.2. The van der Waals surface area contributed by atoms with Crippen LogP contribution in [0.25, 0.3) is 0 Å². The van der Waals surface area contributed by atoms with Gasteiger partial charge >= 0.3 is 0 Å². The molecule has 2 rings (SSSR count). The van der Waals surface area contributed by atoms with Gasteiger partial charge in [0.25, 0.3) is 5.69 Å². The molecule has 7 heteroatoms. The van der Waals surface area contributed by atoms with Gasteiger partial charge < -0.3 is 11.1 Å². The molecular weight excluding hydrogens is 294 g/mol. The summed E-state index contributed by atoms with van der Waals surface area (Å²) in [5.41, 5.74) is 6.32. The Morgan fingerprint density at radius 2 is 2.00 bits per heavy atom. The smallest absolute Gasteiger partial charge is 0.294 e. The highest BCUT2D eigenvalue weighted by molar-refractivity contribution is 6.30. The van der Waals surface area contributed by atoms with E-state index in [-0.39, 0.29) is 29.4 Å². The van der Waals surface area contributed by atoms with E-state index in [1.165, 1.54) is 18.2 Å². The summed E-state index contributed by atoms with van der Waals surface area (Å²) >= 11 is 5.84. The lowest BCUT2D eigenvalue weighted by molar-refractivity contribution is -0.383. The van der Waals surface area contributed by atoms with Crippen LogP contribution in [0.4, 0.5) is 17.1 Å². The van der Waals surface area contributed by atoms with Gasteiger partial charge in [-0.25, -0.2) is 0 Å². The molecule has 0 unspecified atom stereocenters. The van der Waals surface area contributed by atoms with Crippen molar-refractivity contribution < 1.29 is 9.72 Å². The maximum absolute atomic E-state index is 11.9. The van der Waals surface area contributed by atoms with E-state index in [1.807, 2.05) is 0 Å². The maximum Gasteiger partial charge on any atom is 0.294 e. The molecule has 0 bridgehead atoms. The second kappa shape index (κ2) is 6.23. The van der Waals surface area contributed by atoms with Gasteiger partial charge in [-0.1, -0.05) is 29.8 Å². The number of anilines is 2. The van der Waals surface area contributed by atoms with Crippen molar-refractivity contribution in [3.05, 3.63) is 63.2 Å². The minimum Gasteiger partial charge on any atom is -0.391 e. The molecule has 0 aliphatic rings. The minimum atomic E-state index is -0.595. The molecule has 0 aliphatic carbocycles. The van der Waals surface area contributed by atoms with Gasteiger partial charge in [0.2, 0.25) is 5.91 Å². The van der Waals surface area contributed by atoms with Gasteiger partial charge in [0.05, 0.1) is 17.0 Å². The summed E-state index contributed by atoms with van der Waals surface area (Å²) in [5, 5.41) is 13.9. The summed E-state index contributed by atoms with van der Waals surface area (Å²) in [5.74, 6) is -0.329. The second-order valence-electron chi connectivity index (χ2n) is 4.35.